The Labute approximate surface area is 133 Å². The molecule has 1 heterocycles. The van der Waals surface area contributed by atoms with Gasteiger partial charge in [-0.25, -0.2) is 4.39 Å². The van der Waals surface area contributed by atoms with Crippen molar-refractivity contribution in [2.24, 2.45) is 0 Å². The zero-order chi connectivity index (χ0) is 16.2. The first-order chi connectivity index (χ1) is 11.2. The number of ether oxygens (including phenoxy) is 1. The molecule has 0 saturated carbocycles. The Kier molecular flexibility index (Phi) is 4.15. The third kappa shape index (κ3) is 3.11. The number of benzene rings is 2. The van der Waals surface area contributed by atoms with Crippen LogP contribution in [0, 0.1) is 5.82 Å². The highest BCUT2D eigenvalue weighted by atomic mass is 19.1. The molecular formula is C19H14FNO2. The van der Waals surface area contributed by atoms with Gasteiger partial charge in [-0.2, -0.15) is 0 Å². The molecule has 0 aliphatic carbocycles. The molecule has 0 aliphatic rings. The lowest BCUT2D eigenvalue weighted by atomic mass is 10.1. The lowest BCUT2D eigenvalue weighted by Gasteiger charge is -2.03. The van der Waals surface area contributed by atoms with E-state index in [0.717, 1.165) is 16.5 Å². The summed E-state index contributed by atoms with van der Waals surface area (Å²) in [6.07, 6.45) is 4.73. The molecular weight excluding hydrogens is 293 g/mol. The molecule has 0 aliphatic heterocycles. The van der Waals surface area contributed by atoms with Crippen LogP contribution in [0.25, 0.3) is 17.0 Å². The van der Waals surface area contributed by atoms with Crippen molar-refractivity contribution in [3.05, 3.63) is 77.7 Å². The highest BCUT2D eigenvalue weighted by Crippen LogP contribution is 2.19. The summed E-state index contributed by atoms with van der Waals surface area (Å²) in [5.74, 6) is -0.618. The summed E-state index contributed by atoms with van der Waals surface area (Å²) in [5.41, 5.74) is 1.72. The molecule has 0 unspecified atom stereocenters. The molecule has 3 nitrogen and oxygen atoms in total. The molecule has 2 aromatic carbocycles. The first kappa shape index (κ1) is 14.9. The fourth-order valence-electron chi connectivity index (χ4n) is 2.34. The normalized spacial score (nSPS) is 11.0. The molecule has 0 atom stereocenters. The molecule has 0 N–H and O–H groups in total. The van der Waals surface area contributed by atoms with Crippen molar-refractivity contribution in [1.82, 2.24) is 4.98 Å². The van der Waals surface area contributed by atoms with Gasteiger partial charge in [-0.05, 0) is 35.9 Å². The van der Waals surface area contributed by atoms with E-state index < -0.39 is 11.6 Å². The summed E-state index contributed by atoms with van der Waals surface area (Å²) in [7, 11) is 1.45. The van der Waals surface area contributed by atoms with Gasteiger partial charge in [0, 0.05) is 17.6 Å². The van der Waals surface area contributed by atoms with Gasteiger partial charge in [0.05, 0.1) is 18.2 Å². The number of hydrogen-bond donors (Lipinski definition) is 0. The first-order valence-corrected chi connectivity index (χ1v) is 7.09. The maximum atomic E-state index is 13.9. The van der Waals surface area contributed by atoms with Gasteiger partial charge in [0.1, 0.15) is 11.6 Å². The van der Waals surface area contributed by atoms with E-state index in [-0.39, 0.29) is 5.56 Å². The van der Waals surface area contributed by atoms with E-state index in [1.54, 1.807) is 18.3 Å². The third-order valence-corrected chi connectivity index (χ3v) is 3.54. The smallest absolute Gasteiger partial charge is 0.188 e. The molecule has 23 heavy (non-hydrogen) atoms. The van der Waals surface area contributed by atoms with Crippen LogP contribution in [0.1, 0.15) is 15.9 Å². The van der Waals surface area contributed by atoms with Crippen molar-refractivity contribution < 1.29 is 13.9 Å². The molecule has 114 valence electrons. The number of aromatic nitrogens is 1. The highest BCUT2D eigenvalue weighted by molar-refractivity contribution is 6.07. The van der Waals surface area contributed by atoms with Crippen molar-refractivity contribution in [3.63, 3.8) is 0 Å². The van der Waals surface area contributed by atoms with Gasteiger partial charge >= 0.3 is 0 Å². The standard InChI is InChI=1S/C19H14FNO2/c1-23-14-7-8-16(17(20)12-14)19(22)9-6-13-10-11-21-18-5-3-2-4-15(13)18/h2-12H,1H3/b9-6+. The molecule has 0 radical (unpaired) electrons. The average molecular weight is 307 g/mol. The number of halogens is 1. The molecule has 4 heteroatoms. The van der Waals surface area contributed by atoms with E-state index in [1.807, 2.05) is 30.3 Å². The van der Waals surface area contributed by atoms with Gasteiger partial charge in [0.25, 0.3) is 0 Å². The van der Waals surface area contributed by atoms with Gasteiger partial charge in [-0.3, -0.25) is 9.78 Å². The Morgan fingerprint density at radius 3 is 2.78 bits per heavy atom. The highest BCUT2D eigenvalue weighted by Gasteiger charge is 2.10. The fourth-order valence-corrected chi connectivity index (χ4v) is 2.34. The van der Waals surface area contributed by atoms with Crippen LogP contribution in [-0.2, 0) is 0 Å². The predicted molar refractivity (Wildman–Crippen MR) is 88.1 cm³/mol. The van der Waals surface area contributed by atoms with Crippen LogP contribution in [0.15, 0.2) is 60.8 Å². The number of allylic oxidation sites excluding steroid dienone is 1. The largest absolute Gasteiger partial charge is 0.497 e. The van der Waals surface area contributed by atoms with Gasteiger partial charge in [0.2, 0.25) is 0 Å². The number of para-hydroxylation sites is 1. The van der Waals surface area contributed by atoms with Gasteiger partial charge in [-0.15, -0.1) is 0 Å². The SMILES string of the molecule is COc1ccc(C(=O)/C=C/c2ccnc3ccccc23)c(F)c1. The summed E-state index contributed by atoms with van der Waals surface area (Å²) in [6.45, 7) is 0. The summed E-state index contributed by atoms with van der Waals surface area (Å²) < 4.78 is 18.9. The second-order valence-electron chi connectivity index (χ2n) is 4.96. The molecule has 0 fully saturated rings. The van der Waals surface area contributed by atoms with E-state index in [2.05, 4.69) is 4.98 Å². The molecule has 0 amide bonds. The summed E-state index contributed by atoms with van der Waals surface area (Å²) in [4.78, 5) is 16.5. The van der Waals surface area contributed by atoms with E-state index in [1.165, 1.54) is 25.3 Å². The zero-order valence-corrected chi connectivity index (χ0v) is 12.5. The summed E-state index contributed by atoms with van der Waals surface area (Å²) in [6, 6.07) is 13.6. The van der Waals surface area contributed by atoms with Gasteiger partial charge in [0.15, 0.2) is 5.78 Å². The minimum atomic E-state index is -0.599. The number of fused-ring (bicyclic) bond motifs is 1. The van der Waals surface area contributed by atoms with Crippen LogP contribution in [0.2, 0.25) is 0 Å². The van der Waals surface area contributed by atoms with E-state index in [4.69, 9.17) is 4.74 Å². The topological polar surface area (TPSA) is 39.2 Å². The minimum Gasteiger partial charge on any atom is -0.497 e. The van der Waals surface area contributed by atoms with Crippen LogP contribution in [0.4, 0.5) is 4.39 Å². The van der Waals surface area contributed by atoms with Crippen molar-refractivity contribution in [3.8, 4) is 5.75 Å². The van der Waals surface area contributed by atoms with E-state index in [9.17, 15) is 9.18 Å². The number of carbonyl (C=O) groups excluding carboxylic acids is 1. The van der Waals surface area contributed by atoms with Crippen LogP contribution in [-0.4, -0.2) is 17.9 Å². The Balaban J connectivity index is 1.91. The van der Waals surface area contributed by atoms with Crippen molar-refractivity contribution in [1.29, 1.82) is 0 Å². The predicted octanol–water partition coefficient (Wildman–Crippen LogP) is 4.28. The minimum absolute atomic E-state index is 0.0143. The van der Waals surface area contributed by atoms with Gasteiger partial charge < -0.3 is 4.74 Å². The number of ketones is 1. The molecule has 0 bridgehead atoms. The van der Waals surface area contributed by atoms with Crippen LogP contribution >= 0.6 is 0 Å². The maximum Gasteiger partial charge on any atom is 0.188 e. The van der Waals surface area contributed by atoms with E-state index >= 15 is 0 Å². The lowest BCUT2D eigenvalue weighted by Crippen LogP contribution is -1.99. The Morgan fingerprint density at radius 1 is 1.17 bits per heavy atom. The molecule has 3 aromatic rings. The van der Waals surface area contributed by atoms with Crippen LogP contribution < -0.4 is 4.74 Å². The Morgan fingerprint density at radius 2 is 2.00 bits per heavy atom. The van der Waals surface area contributed by atoms with Crippen molar-refractivity contribution in [2.45, 2.75) is 0 Å². The second-order valence-corrected chi connectivity index (χ2v) is 4.96. The molecule has 3 rings (SSSR count). The Hall–Kier alpha value is -3.01. The van der Waals surface area contributed by atoms with Crippen LogP contribution in [0.3, 0.4) is 0 Å². The van der Waals surface area contributed by atoms with Crippen molar-refractivity contribution >= 4 is 22.8 Å². The number of hydrogen-bond acceptors (Lipinski definition) is 3. The van der Waals surface area contributed by atoms with E-state index in [0.29, 0.717) is 5.75 Å². The number of nitrogens with zero attached hydrogens (tertiary/aromatic N) is 1. The second kappa shape index (κ2) is 6.40. The monoisotopic (exact) mass is 307 g/mol. The molecule has 0 spiro atoms. The number of pyridine rings is 1. The quantitative estimate of drug-likeness (QED) is 0.533. The maximum absolute atomic E-state index is 13.9. The lowest BCUT2D eigenvalue weighted by molar-refractivity contribution is 0.104. The summed E-state index contributed by atoms with van der Waals surface area (Å²) in [5, 5.41) is 0.939. The van der Waals surface area contributed by atoms with Gasteiger partial charge in [-0.1, -0.05) is 24.3 Å². The Bertz CT molecular complexity index is 898. The third-order valence-electron chi connectivity index (χ3n) is 3.54. The number of methoxy groups -OCH3 is 1. The number of carbonyl (C=O) groups is 1. The summed E-state index contributed by atoms with van der Waals surface area (Å²) >= 11 is 0. The van der Waals surface area contributed by atoms with Crippen LogP contribution in [0.5, 0.6) is 5.75 Å². The number of rotatable bonds is 4. The van der Waals surface area contributed by atoms with Crippen molar-refractivity contribution in [2.75, 3.05) is 7.11 Å². The molecule has 1 aromatic heterocycles. The average Bonchev–Trinajstić information content (AvgIpc) is 2.59. The zero-order valence-electron chi connectivity index (χ0n) is 12.5. The molecule has 0 saturated heterocycles. The fraction of sp³-hybridized carbons (Fsp3) is 0.0526. The first-order valence-electron chi connectivity index (χ1n) is 7.09.